The van der Waals surface area contributed by atoms with E-state index in [1.807, 2.05) is 114 Å². The van der Waals surface area contributed by atoms with Gasteiger partial charge in [0.25, 0.3) is 5.91 Å². The summed E-state index contributed by atoms with van der Waals surface area (Å²) in [6.45, 7) is 0.893. The summed E-state index contributed by atoms with van der Waals surface area (Å²) in [6, 6.07) is 35.3. The number of hydrogen-bond donors (Lipinski definition) is 2. The molecule has 1 aromatic heterocycles. The predicted molar refractivity (Wildman–Crippen MR) is 167 cm³/mol. The maximum Gasteiger partial charge on any atom is 0.250 e. The number of halogens is 1. The summed E-state index contributed by atoms with van der Waals surface area (Å²) in [5, 5.41) is 16.9. The molecule has 0 bridgehead atoms. The fourth-order valence-corrected chi connectivity index (χ4v) is 5.13. The second kappa shape index (κ2) is 14.3. The van der Waals surface area contributed by atoms with Crippen LogP contribution in [0.25, 0.3) is 5.69 Å². The number of carbonyl (C=O) groups excluding carboxylic acids is 1. The van der Waals surface area contributed by atoms with Crippen molar-refractivity contribution in [2.75, 3.05) is 11.1 Å². The Morgan fingerprint density at radius 2 is 1.68 bits per heavy atom. The number of rotatable bonds is 12. The van der Waals surface area contributed by atoms with Gasteiger partial charge in [0.2, 0.25) is 0 Å². The molecule has 10 heteroatoms. The summed E-state index contributed by atoms with van der Waals surface area (Å²) in [5.74, 6) is 1.27. The number of ether oxygens (including phenoxy) is 1. The van der Waals surface area contributed by atoms with E-state index in [2.05, 4.69) is 42.0 Å². The van der Waals surface area contributed by atoms with E-state index in [9.17, 15) is 4.79 Å². The molecule has 0 radical (unpaired) electrons. The van der Waals surface area contributed by atoms with Crippen LogP contribution in [0, 0.1) is 0 Å². The number of hydrazone groups is 1. The summed E-state index contributed by atoms with van der Waals surface area (Å²) >= 11 is 4.78. The molecule has 0 saturated heterocycles. The predicted octanol–water partition coefficient (Wildman–Crippen LogP) is 6.46. The van der Waals surface area contributed by atoms with Gasteiger partial charge in [0.1, 0.15) is 12.4 Å². The second-order valence-corrected chi connectivity index (χ2v) is 10.7. The first-order valence-electron chi connectivity index (χ1n) is 12.9. The molecule has 206 valence electrons. The molecule has 0 aliphatic carbocycles. The minimum atomic E-state index is -0.259. The van der Waals surface area contributed by atoms with E-state index in [4.69, 9.17) is 4.74 Å². The summed E-state index contributed by atoms with van der Waals surface area (Å²) in [7, 11) is 0. The molecule has 41 heavy (non-hydrogen) atoms. The number of anilines is 1. The molecule has 0 spiro atoms. The van der Waals surface area contributed by atoms with Gasteiger partial charge in [-0.15, -0.1) is 10.2 Å². The third-order valence-electron chi connectivity index (χ3n) is 5.87. The van der Waals surface area contributed by atoms with Gasteiger partial charge >= 0.3 is 0 Å². The van der Waals surface area contributed by atoms with Crippen molar-refractivity contribution in [1.29, 1.82) is 0 Å². The Hall–Kier alpha value is -4.41. The van der Waals surface area contributed by atoms with Crippen LogP contribution in [0.3, 0.4) is 0 Å². The van der Waals surface area contributed by atoms with Gasteiger partial charge in [-0.3, -0.25) is 9.36 Å². The highest BCUT2D eigenvalue weighted by molar-refractivity contribution is 9.10. The number of nitrogens with zero attached hydrogens (tertiary/aromatic N) is 4. The van der Waals surface area contributed by atoms with Crippen LogP contribution in [0.2, 0.25) is 0 Å². The SMILES string of the molecule is O=C(CSc1nnc(CNc2ccccc2)n1-c1ccccc1)N/N=C\c1ccccc1OCc1cccc(Br)c1. The lowest BCUT2D eigenvalue weighted by molar-refractivity contribution is -0.118. The van der Waals surface area contributed by atoms with Gasteiger partial charge < -0.3 is 10.1 Å². The van der Waals surface area contributed by atoms with E-state index >= 15 is 0 Å². The molecule has 0 fully saturated rings. The Morgan fingerprint density at radius 3 is 2.49 bits per heavy atom. The first kappa shape index (κ1) is 28.1. The fourth-order valence-electron chi connectivity index (χ4n) is 3.92. The van der Waals surface area contributed by atoms with Crippen LogP contribution in [0.5, 0.6) is 5.75 Å². The fraction of sp³-hybridized carbons (Fsp3) is 0.0968. The number of hydrogen-bond acceptors (Lipinski definition) is 7. The monoisotopic (exact) mass is 626 g/mol. The molecule has 0 unspecified atom stereocenters. The van der Waals surface area contributed by atoms with Crippen LogP contribution in [-0.4, -0.2) is 32.6 Å². The van der Waals surface area contributed by atoms with E-state index in [0.29, 0.717) is 24.1 Å². The van der Waals surface area contributed by atoms with Gasteiger partial charge in [-0.1, -0.05) is 88.4 Å². The maximum atomic E-state index is 12.6. The highest BCUT2D eigenvalue weighted by Gasteiger charge is 2.16. The van der Waals surface area contributed by atoms with Crippen molar-refractivity contribution in [3.8, 4) is 11.4 Å². The normalized spacial score (nSPS) is 11.0. The third-order valence-corrected chi connectivity index (χ3v) is 7.29. The minimum absolute atomic E-state index is 0.120. The zero-order chi connectivity index (χ0) is 28.3. The maximum absolute atomic E-state index is 12.6. The lowest BCUT2D eigenvalue weighted by Crippen LogP contribution is -2.20. The number of carbonyl (C=O) groups is 1. The van der Waals surface area contributed by atoms with Crippen molar-refractivity contribution >= 4 is 45.5 Å². The molecule has 5 rings (SSSR count). The van der Waals surface area contributed by atoms with Crippen molar-refractivity contribution < 1.29 is 9.53 Å². The number of nitrogens with one attached hydrogen (secondary N) is 2. The summed E-state index contributed by atoms with van der Waals surface area (Å²) in [4.78, 5) is 12.6. The first-order valence-corrected chi connectivity index (χ1v) is 14.6. The number of aromatic nitrogens is 3. The molecule has 0 aliphatic rings. The summed E-state index contributed by atoms with van der Waals surface area (Å²) in [6.07, 6.45) is 1.58. The molecule has 0 aliphatic heterocycles. The molecule has 1 heterocycles. The van der Waals surface area contributed by atoms with Gasteiger partial charge in [-0.05, 0) is 54.1 Å². The van der Waals surface area contributed by atoms with Crippen molar-refractivity contribution in [1.82, 2.24) is 20.2 Å². The van der Waals surface area contributed by atoms with Gasteiger partial charge in [0.05, 0.1) is 18.5 Å². The highest BCUT2D eigenvalue weighted by Crippen LogP contribution is 2.23. The van der Waals surface area contributed by atoms with Crippen molar-refractivity contribution in [2.24, 2.45) is 5.10 Å². The molecular weight excluding hydrogens is 600 g/mol. The molecule has 0 saturated carbocycles. The molecule has 2 N–H and O–H groups in total. The second-order valence-electron chi connectivity index (χ2n) is 8.83. The Kier molecular flexibility index (Phi) is 9.80. The Balaban J connectivity index is 1.20. The number of thioether (sulfide) groups is 1. The zero-order valence-corrected chi connectivity index (χ0v) is 24.4. The van der Waals surface area contributed by atoms with Crippen LogP contribution >= 0.6 is 27.7 Å². The quantitative estimate of drug-likeness (QED) is 0.0937. The van der Waals surface area contributed by atoms with E-state index in [1.54, 1.807) is 6.21 Å². The lowest BCUT2D eigenvalue weighted by Gasteiger charge is -2.11. The summed E-state index contributed by atoms with van der Waals surface area (Å²) < 4.78 is 8.95. The summed E-state index contributed by atoms with van der Waals surface area (Å²) in [5.41, 5.74) is 6.31. The molecule has 1 amide bonds. The van der Waals surface area contributed by atoms with Gasteiger partial charge in [-0.2, -0.15) is 5.10 Å². The highest BCUT2D eigenvalue weighted by atomic mass is 79.9. The lowest BCUT2D eigenvalue weighted by atomic mass is 10.2. The van der Waals surface area contributed by atoms with Gasteiger partial charge in [0.15, 0.2) is 11.0 Å². The average molecular weight is 628 g/mol. The minimum Gasteiger partial charge on any atom is -0.488 e. The number of benzene rings is 4. The first-order chi connectivity index (χ1) is 20.2. The number of para-hydroxylation sites is 3. The van der Waals surface area contributed by atoms with E-state index in [0.717, 1.165) is 32.8 Å². The topological polar surface area (TPSA) is 93.4 Å². The average Bonchev–Trinajstić information content (AvgIpc) is 3.42. The van der Waals surface area contributed by atoms with Crippen LogP contribution in [0.4, 0.5) is 5.69 Å². The van der Waals surface area contributed by atoms with Crippen LogP contribution in [0.1, 0.15) is 17.0 Å². The third kappa shape index (κ3) is 8.06. The Morgan fingerprint density at radius 1 is 0.927 bits per heavy atom. The van der Waals surface area contributed by atoms with Gasteiger partial charge in [-0.25, -0.2) is 5.43 Å². The molecule has 5 aromatic rings. The zero-order valence-electron chi connectivity index (χ0n) is 22.0. The molecular formula is C31H27BrN6O2S. The van der Waals surface area contributed by atoms with Crippen molar-refractivity contribution in [2.45, 2.75) is 18.3 Å². The number of amides is 1. The Labute approximate surface area is 251 Å². The van der Waals surface area contributed by atoms with E-state index in [-0.39, 0.29) is 11.7 Å². The van der Waals surface area contributed by atoms with Crippen molar-refractivity contribution in [3.05, 3.63) is 131 Å². The van der Waals surface area contributed by atoms with Crippen LogP contribution in [-0.2, 0) is 17.9 Å². The Bertz CT molecular complexity index is 1610. The van der Waals surface area contributed by atoms with E-state index in [1.165, 1.54) is 11.8 Å². The molecule has 4 aromatic carbocycles. The van der Waals surface area contributed by atoms with Crippen molar-refractivity contribution in [3.63, 3.8) is 0 Å². The van der Waals surface area contributed by atoms with Gasteiger partial charge in [0, 0.05) is 21.4 Å². The van der Waals surface area contributed by atoms with E-state index < -0.39 is 0 Å². The largest absolute Gasteiger partial charge is 0.488 e. The smallest absolute Gasteiger partial charge is 0.250 e. The van der Waals surface area contributed by atoms with Crippen LogP contribution < -0.4 is 15.5 Å². The molecule has 8 nitrogen and oxygen atoms in total. The standard InChI is InChI=1S/C31H27BrN6O2S/c32-25-12-9-10-23(18-25)21-40-28-17-8-7-11-24(28)19-34-36-30(39)22-41-31-37-35-29(20-33-26-13-3-1-4-14-26)38(31)27-15-5-2-6-16-27/h1-19,33H,20-22H2,(H,36,39)/b34-19-. The molecule has 0 atom stereocenters. The van der Waals surface area contributed by atoms with Crippen LogP contribution in [0.15, 0.2) is 124 Å².